The molecule has 1 aliphatic heterocycles. The molecule has 2 rings (SSSR count). The summed E-state index contributed by atoms with van der Waals surface area (Å²) in [6.45, 7) is 5.84. The molecule has 19 heavy (non-hydrogen) atoms. The van der Waals surface area contributed by atoms with Crippen LogP contribution in [0.15, 0.2) is 18.2 Å². The van der Waals surface area contributed by atoms with Gasteiger partial charge in [-0.15, -0.1) is 0 Å². The van der Waals surface area contributed by atoms with Crippen molar-refractivity contribution in [2.75, 3.05) is 25.0 Å². The molecule has 4 heteroatoms. The maximum absolute atomic E-state index is 6.23. The number of hydrogen-bond donors (Lipinski definition) is 1. The first-order valence-electron chi connectivity index (χ1n) is 7.13. The number of nitrogens with zero attached hydrogens (tertiary/aromatic N) is 1. The largest absolute Gasteiger partial charge is 0.381 e. The second-order valence-electron chi connectivity index (χ2n) is 5.22. The molecule has 0 radical (unpaired) electrons. The highest BCUT2D eigenvalue weighted by molar-refractivity contribution is 6.43. The van der Waals surface area contributed by atoms with E-state index < -0.39 is 0 Å². The van der Waals surface area contributed by atoms with E-state index in [9.17, 15) is 0 Å². The summed E-state index contributed by atoms with van der Waals surface area (Å²) < 4.78 is 0. The zero-order valence-corrected chi connectivity index (χ0v) is 13.0. The lowest BCUT2D eigenvalue weighted by molar-refractivity contribution is 0.285. The molecule has 1 unspecified atom stereocenters. The average molecular weight is 301 g/mol. The molecule has 0 spiro atoms. The van der Waals surface area contributed by atoms with Crippen molar-refractivity contribution in [1.29, 1.82) is 0 Å². The predicted octanol–water partition coefficient (Wildman–Crippen LogP) is 4.67. The zero-order valence-electron chi connectivity index (χ0n) is 11.5. The van der Waals surface area contributed by atoms with E-state index in [2.05, 4.69) is 17.1 Å². The second kappa shape index (κ2) is 7.37. The second-order valence-corrected chi connectivity index (χ2v) is 6.00. The lowest BCUT2D eigenvalue weighted by Gasteiger charge is -2.20. The van der Waals surface area contributed by atoms with Crippen molar-refractivity contribution in [3.8, 4) is 0 Å². The van der Waals surface area contributed by atoms with Crippen molar-refractivity contribution < 1.29 is 0 Å². The highest BCUT2D eigenvalue weighted by Crippen LogP contribution is 2.31. The van der Waals surface area contributed by atoms with Crippen LogP contribution in [0.4, 0.5) is 5.69 Å². The molecule has 0 saturated carbocycles. The number of halogens is 2. The van der Waals surface area contributed by atoms with Crippen molar-refractivity contribution >= 4 is 28.9 Å². The van der Waals surface area contributed by atoms with Crippen molar-refractivity contribution in [1.82, 2.24) is 4.90 Å². The highest BCUT2D eigenvalue weighted by Gasteiger charge is 2.17. The molecule has 2 nitrogen and oxygen atoms in total. The number of anilines is 1. The maximum Gasteiger partial charge on any atom is 0.0823 e. The highest BCUT2D eigenvalue weighted by atomic mass is 35.5. The van der Waals surface area contributed by atoms with Crippen LogP contribution in [-0.2, 0) is 0 Å². The van der Waals surface area contributed by atoms with Gasteiger partial charge in [0.2, 0.25) is 0 Å². The fourth-order valence-corrected chi connectivity index (χ4v) is 3.03. The first kappa shape index (κ1) is 15.0. The van der Waals surface area contributed by atoms with E-state index in [1.807, 2.05) is 18.2 Å². The SMILES string of the molecule is CCCN1CCCC(Nc2cccc(Cl)c2Cl)CC1. The van der Waals surface area contributed by atoms with Crippen molar-refractivity contribution in [2.24, 2.45) is 0 Å². The topological polar surface area (TPSA) is 15.3 Å². The van der Waals surface area contributed by atoms with E-state index in [0.29, 0.717) is 16.1 Å². The third-order valence-corrected chi connectivity index (χ3v) is 4.49. The summed E-state index contributed by atoms with van der Waals surface area (Å²) in [6, 6.07) is 6.27. The molecule has 1 aliphatic rings. The van der Waals surface area contributed by atoms with E-state index in [4.69, 9.17) is 23.2 Å². The number of nitrogens with one attached hydrogen (secondary N) is 1. The molecule has 0 aliphatic carbocycles. The van der Waals surface area contributed by atoms with Crippen molar-refractivity contribution in [3.63, 3.8) is 0 Å². The molecule has 1 aromatic carbocycles. The number of likely N-dealkylation sites (tertiary alicyclic amines) is 1. The Morgan fingerprint density at radius 2 is 2.11 bits per heavy atom. The summed E-state index contributed by atoms with van der Waals surface area (Å²) in [7, 11) is 0. The van der Waals surface area contributed by atoms with Gasteiger partial charge in [-0.1, -0.05) is 36.2 Å². The Morgan fingerprint density at radius 1 is 1.26 bits per heavy atom. The van der Waals surface area contributed by atoms with Gasteiger partial charge in [0, 0.05) is 12.6 Å². The third-order valence-electron chi connectivity index (χ3n) is 3.67. The molecule has 1 fully saturated rings. The monoisotopic (exact) mass is 300 g/mol. The summed E-state index contributed by atoms with van der Waals surface area (Å²) in [5.74, 6) is 0. The fraction of sp³-hybridized carbons (Fsp3) is 0.600. The molecule has 1 atom stereocenters. The smallest absolute Gasteiger partial charge is 0.0823 e. The first-order valence-corrected chi connectivity index (χ1v) is 7.89. The molecular weight excluding hydrogens is 279 g/mol. The first-order chi connectivity index (χ1) is 9.20. The van der Waals surface area contributed by atoms with E-state index >= 15 is 0 Å². The number of rotatable bonds is 4. The van der Waals surface area contributed by atoms with Gasteiger partial charge in [-0.3, -0.25) is 0 Å². The molecule has 1 saturated heterocycles. The van der Waals surface area contributed by atoms with Crippen LogP contribution in [0.3, 0.4) is 0 Å². The Kier molecular flexibility index (Phi) is 5.80. The molecule has 0 aromatic heterocycles. The van der Waals surface area contributed by atoms with Crippen LogP contribution in [0, 0.1) is 0 Å². The predicted molar refractivity (Wildman–Crippen MR) is 84.5 cm³/mol. The van der Waals surface area contributed by atoms with Crippen LogP contribution >= 0.6 is 23.2 Å². The molecule has 1 heterocycles. The Balaban J connectivity index is 1.94. The van der Waals surface area contributed by atoms with Crippen LogP contribution in [0.1, 0.15) is 32.6 Å². The molecular formula is C15H22Cl2N2. The molecule has 106 valence electrons. The van der Waals surface area contributed by atoms with Crippen LogP contribution in [0.5, 0.6) is 0 Å². The Hall–Kier alpha value is -0.440. The van der Waals surface area contributed by atoms with Gasteiger partial charge in [0.25, 0.3) is 0 Å². The normalized spacial score (nSPS) is 21.1. The maximum atomic E-state index is 6.23. The van der Waals surface area contributed by atoms with Crippen molar-refractivity contribution in [3.05, 3.63) is 28.2 Å². The summed E-state index contributed by atoms with van der Waals surface area (Å²) in [5.41, 5.74) is 0.961. The minimum atomic E-state index is 0.498. The summed E-state index contributed by atoms with van der Waals surface area (Å²) in [4.78, 5) is 2.56. The summed E-state index contributed by atoms with van der Waals surface area (Å²) in [6.07, 6.45) is 4.85. The van der Waals surface area contributed by atoms with Gasteiger partial charge in [0.1, 0.15) is 0 Å². The van der Waals surface area contributed by atoms with Crippen molar-refractivity contribution in [2.45, 2.75) is 38.6 Å². The van der Waals surface area contributed by atoms with Crippen LogP contribution in [0.25, 0.3) is 0 Å². The Bertz CT molecular complexity index is 409. The quantitative estimate of drug-likeness (QED) is 0.869. The minimum absolute atomic E-state index is 0.498. The van der Waals surface area contributed by atoms with Gasteiger partial charge in [-0.05, 0) is 50.9 Å². The molecule has 1 aromatic rings. The Morgan fingerprint density at radius 3 is 2.89 bits per heavy atom. The number of hydrogen-bond acceptors (Lipinski definition) is 2. The third kappa shape index (κ3) is 4.27. The van der Waals surface area contributed by atoms with E-state index in [-0.39, 0.29) is 0 Å². The Labute approximate surface area is 126 Å². The van der Waals surface area contributed by atoms with Crippen LogP contribution in [-0.4, -0.2) is 30.6 Å². The van der Waals surface area contributed by atoms with Gasteiger partial charge in [0.05, 0.1) is 15.7 Å². The number of benzene rings is 1. The van der Waals surface area contributed by atoms with E-state index in [1.165, 1.54) is 45.3 Å². The van der Waals surface area contributed by atoms with E-state index in [1.54, 1.807) is 0 Å². The molecule has 0 amide bonds. The zero-order chi connectivity index (χ0) is 13.7. The molecule has 0 bridgehead atoms. The minimum Gasteiger partial charge on any atom is -0.381 e. The van der Waals surface area contributed by atoms with Gasteiger partial charge in [-0.25, -0.2) is 0 Å². The summed E-state index contributed by atoms with van der Waals surface area (Å²) >= 11 is 12.3. The van der Waals surface area contributed by atoms with Gasteiger partial charge in [0.15, 0.2) is 0 Å². The standard InChI is InChI=1S/C15H22Cl2N2/c1-2-9-19-10-4-5-12(8-11-19)18-14-7-3-6-13(16)15(14)17/h3,6-7,12,18H,2,4-5,8-11H2,1H3. The van der Waals surface area contributed by atoms with Crippen LogP contribution in [0.2, 0.25) is 10.0 Å². The van der Waals surface area contributed by atoms with Gasteiger partial charge in [-0.2, -0.15) is 0 Å². The lowest BCUT2D eigenvalue weighted by Crippen LogP contribution is -2.27. The lowest BCUT2D eigenvalue weighted by atomic mass is 10.1. The average Bonchev–Trinajstić information content (AvgIpc) is 2.61. The fourth-order valence-electron chi connectivity index (χ4n) is 2.68. The summed E-state index contributed by atoms with van der Waals surface area (Å²) in [5, 5.41) is 4.81. The van der Waals surface area contributed by atoms with Gasteiger partial charge < -0.3 is 10.2 Å². The molecule has 1 N–H and O–H groups in total. The van der Waals surface area contributed by atoms with E-state index in [0.717, 1.165) is 5.69 Å². The van der Waals surface area contributed by atoms with Crippen LogP contribution < -0.4 is 5.32 Å². The van der Waals surface area contributed by atoms with Gasteiger partial charge >= 0.3 is 0 Å².